The maximum Gasteiger partial charge on any atom is 0.157 e. The smallest absolute Gasteiger partial charge is 0.157 e. The molecule has 1 aliphatic rings. The van der Waals surface area contributed by atoms with Crippen LogP contribution in [0, 0.1) is 11.8 Å². The molecular formula is C19H34O2. The van der Waals surface area contributed by atoms with E-state index in [1.54, 1.807) is 0 Å². The molecule has 0 amide bonds. The van der Waals surface area contributed by atoms with Gasteiger partial charge in [-0.15, -0.1) is 11.8 Å². The molecule has 0 saturated carbocycles. The maximum atomic E-state index is 5.73. The van der Waals surface area contributed by atoms with E-state index < -0.39 is 0 Å². The van der Waals surface area contributed by atoms with Gasteiger partial charge in [-0.2, -0.15) is 0 Å². The zero-order valence-electron chi connectivity index (χ0n) is 14.0. The molecule has 2 heteroatoms. The van der Waals surface area contributed by atoms with Gasteiger partial charge in [-0.3, -0.25) is 0 Å². The number of unbranched alkanes of at least 4 members (excludes halogenated alkanes) is 8. The number of hydrogen-bond acceptors (Lipinski definition) is 2. The molecule has 1 aliphatic heterocycles. The second kappa shape index (κ2) is 14.4. The quantitative estimate of drug-likeness (QED) is 0.372. The van der Waals surface area contributed by atoms with Crippen molar-refractivity contribution in [1.29, 1.82) is 0 Å². The Bertz CT molecular complexity index is 271. The van der Waals surface area contributed by atoms with Crippen LogP contribution in [0.2, 0.25) is 0 Å². The molecule has 0 spiro atoms. The highest BCUT2D eigenvalue weighted by Gasteiger charge is 2.13. The standard InChI is InChI=1S/C19H34O2/c1-2-3-4-5-6-7-8-9-10-11-12-14-17-20-19-16-13-15-18-21-19/h19H,2-4,7-18H2,1H3/t19-/m0/s1. The fraction of sp³-hybridized carbons (Fsp3) is 0.895. The molecule has 0 N–H and O–H groups in total. The molecule has 1 heterocycles. The van der Waals surface area contributed by atoms with E-state index in [-0.39, 0.29) is 6.29 Å². The van der Waals surface area contributed by atoms with Crippen molar-refractivity contribution in [3.63, 3.8) is 0 Å². The van der Waals surface area contributed by atoms with Crippen molar-refractivity contribution in [2.75, 3.05) is 13.2 Å². The van der Waals surface area contributed by atoms with Crippen LogP contribution in [0.1, 0.15) is 90.4 Å². The highest BCUT2D eigenvalue weighted by atomic mass is 16.7. The van der Waals surface area contributed by atoms with Crippen LogP contribution in [0.15, 0.2) is 0 Å². The fourth-order valence-corrected chi connectivity index (χ4v) is 2.52. The van der Waals surface area contributed by atoms with Crippen molar-refractivity contribution in [3.05, 3.63) is 0 Å². The molecule has 0 aromatic carbocycles. The lowest BCUT2D eigenvalue weighted by Crippen LogP contribution is -2.22. The fourth-order valence-electron chi connectivity index (χ4n) is 2.52. The van der Waals surface area contributed by atoms with Crippen LogP contribution in [0.3, 0.4) is 0 Å². The van der Waals surface area contributed by atoms with E-state index in [9.17, 15) is 0 Å². The molecule has 1 saturated heterocycles. The van der Waals surface area contributed by atoms with Gasteiger partial charge in [-0.05, 0) is 38.5 Å². The predicted molar refractivity (Wildman–Crippen MR) is 89.2 cm³/mol. The van der Waals surface area contributed by atoms with E-state index >= 15 is 0 Å². The van der Waals surface area contributed by atoms with Gasteiger partial charge in [0.1, 0.15) is 0 Å². The molecule has 0 aromatic heterocycles. The molecule has 0 aromatic rings. The molecule has 0 radical (unpaired) electrons. The second-order valence-electron chi connectivity index (χ2n) is 6.00. The SMILES string of the molecule is CCCCC#CCCCCCCCCO[C@@H]1CCCCO1. The predicted octanol–water partition coefficient (Wildman–Crippen LogP) is 5.45. The third kappa shape index (κ3) is 11.8. The topological polar surface area (TPSA) is 18.5 Å². The molecule has 1 fully saturated rings. The number of hydrogen-bond donors (Lipinski definition) is 0. The van der Waals surface area contributed by atoms with Gasteiger partial charge in [0.05, 0.1) is 0 Å². The van der Waals surface area contributed by atoms with E-state index in [1.165, 1.54) is 64.2 Å². The van der Waals surface area contributed by atoms with Gasteiger partial charge in [0, 0.05) is 26.1 Å². The summed E-state index contributed by atoms with van der Waals surface area (Å²) >= 11 is 0. The van der Waals surface area contributed by atoms with Crippen molar-refractivity contribution >= 4 is 0 Å². The third-order valence-corrected chi connectivity index (χ3v) is 3.92. The Morgan fingerprint density at radius 2 is 1.62 bits per heavy atom. The average Bonchev–Trinajstić information content (AvgIpc) is 2.53. The summed E-state index contributed by atoms with van der Waals surface area (Å²) in [5.74, 6) is 6.54. The Balaban J connectivity index is 1.75. The van der Waals surface area contributed by atoms with Crippen LogP contribution < -0.4 is 0 Å². The molecule has 0 unspecified atom stereocenters. The minimum Gasteiger partial charge on any atom is -0.353 e. The zero-order chi connectivity index (χ0) is 15.0. The molecule has 21 heavy (non-hydrogen) atoms. The molecule has 122 valence electrons. The average molecular weight is 294 g/mol. The van der Waals surface area contributed by atoms with E-state index in [1.807, 2.05) is 0 Å². The van der Waals surface area contributed by atoms with Crippen LogP contribution in [0.5, 0.6) is 0 Å². The molecule has 2 nitrogen and oxygen atoms in total. The van der Waals surface area contributed by atoms with Crippen molar-refractivity contribution < 1.29 is 9.47 Å². The lowest BCUT2D eigenvalue weighted by atomic mass is 10.1. The summed E-state index contributed by atoms with van der Waals surface area (Å²) in [6, 6.07) is 0. The summed E-state index contributed by atoms with van der Waals surface area (Å²) in [6.45, 7) is 3.97. The Hall–Kier alpha value is -0.520. The first-order valence-electron chi connectivity index (χ1n) is 9.12. The van der Waals surface area contributed by atoms with Gasteiger partial charge in [0.15, 0.2) is 6.29 Å². The van der Waals surface area contributed by atoms with Crippen molar-refractivity contribution in [1.82, 2.24) is 0 Å². The molecule has 0 aliphatic carbocycles. The maximum absolute atomic E-state index is 5.73. The van der Waals surface area contributed by atoms with Crippen molar-refractivity contribution in [2.24, 2.45) is 0 Å². The van der Waals surface area contributed by atoms with Crippen LogP contribution in [-0.2, 0) is 9.47 Å². The van der Waals surface area contributed by atoms with Gasteiger partial charge in [0.25, 0.3) is 0 Å². The highest BCUT2D eigenvalue weighted by molar-refractivity contribution is 4.98. The van der Waals surface area contributed by atoms with E-state index in [0.717, 1.165) is 32.5 Å². The van der Waals surface area contributed by atoms with Gasteiger partial charge < -0.3 is 9.47 Å². The summed E-state index contributed by atoms with van der Waals surface area (Å²) in [5, 5.41) is 0. The monoisotopic (exact) mass is 294 g/mol. The first-order chi connectivity index (χ1) is 10.4. The van der Waals surface area contributed by atoms with Gasteiger partial charge in [-0.25, -0.2) is 0 Å². The Morgan fingerprint density at radius 1 is 0.905 bits per heavy atom. The van der Waals surface area contributed by atoms with Crippen LogP contribution in [0.25, 0.3) is 0 Å². The van der Waals surface area contributed by atoms with Crippen LogP contribution in [0.4, 0.5) is 0 Å². The first kappa shape index (κ1) is 18.5. The van der Waals surface area contributed by atoms with Gasteiger partial charge in [-0.1, -0.05) is 39.0 Å². The summed E-state index contributed by atoms with van der Waals surface area (Å²) in [4.78, 5) is 0. The first-order valence-corrected chi connectivity index (χ1v) is 9.12. The van der Waals surface area contributed by atoms with Gasteiger partial charge >= 0.3 is 0 Å². The van der Waals surface area contributed by atoms with Crippen LogP contribution in [-0.4, -0.2) is 19.5 Å². The molecule has 1 rings (SSSR count). The normalized spacial score (nSPS) is 18.2. The number of rotatable bonds is 11. The number of ether oxygens (including phenoxy) is 2. The van der Waals surface area contributed by atoms with Crippen molar-refractivity contribution in [3.8, 4) is 11.8 Å². The summed E-state index contributed by atoms with van der Waals surface area (Å²) in [6.07, 6.45) is 16.0. The van der Waals surface area contributed by atoms with E-state index in [0.29, 0.717) is 0 Å². The highest BCUT2D eigenvalue weighted by Crippen LogP contribution is 2.14. The minimum absolute atomic E-state index is 0.0880. The molecule has 0 bridgehead atoms. The Morgan fingerprint density at radius 3 is 2.33 bits per heavy atom. The van der Waals surface area contributed by atoms with Gasteiger partial charge in [0.2, 0.25) is 0 Å². The Kier molecular flexibility index (Phi) is 12.7. The molecular weight excluding hydrogens is 260 g/mol. The second-order valence-corrected chi connectivity index (χ2v) is 6.00. The largest absolute Gasteiger partial charge is 0.353 e. The Labute approximate surface area is 132 Å². The lowest BCUT2D eigenvalue weighted by molar-refractivity contribution is -0.162. The minimum atomic E-state index is 0.0880. The molecule has 1 atom stereocenters. The van der Waals surface area contributed by atoms with Crippen LogP contribution >= 0.6 is 0 Å². The van der Waals surface area contributed by atoms with Crippen molar-refractivity contribution in [2.45, 2.75) is 96.7 Å². The summed E-state index contributed by atoms with van der Waals surface area (Å²) in [7, 11) is 0. The third-order valence-electron chi connectivity index (χ3n) is 3.92. The lowest BCUT2D eigenvalue weighted by Gasteiger charge is -2.22. The summed E-state index contributed by atoms with van der Waals surface area (Å²) < 4.78 is 11.3. The zero-order valence-corrected chi connectivity index (χ0v) is 14.0. The van der Waals surface area contributed by atoms with E-state index in [2.05, 4.69) is 18.8 Å². The summed E-state index contributed by atoms with van der Waals surface area (Å²) in [5.41, 5.74) is 0. The van der Waals surface area contributed by atoms with E-state index in [4.69, 9.17) is 9.47 Å².